The molecule has 0 bridgehead atoms. The fraction of sp³-hybridized carbons (Fsp3) is 0.200. The van der Waals surface area contributed by atoms with Crippen LogP contribution in [0.1, 0.15) is 6.92 Å². The molecule has 0 spiro atoms. The van der Waals surface area contributed by atoms with Gasteiger partial charge >= 0.3 is 0 Å². The number of halogens is 2. The number of sulfonamides is 1. The second kappa shape index (κ2) is 5.31. The largest absolute Gasteiger partial charge is 0.297 e. The highest BCUT2D eigenvalue weighted by Crippen LogP contribution is 2.30. The predicted octanol–water partition coefficient (Wildman–Crippen LogP) is 2.14. The lowest BCUT2D eigenvalue weighted by Gasteiger charge is -2.08. The molecule has 19 heavy (non-hydrogen) atoms. The first-order chi connectivity index (χ1) is 8.84. The molecule has 2 rings (SSSR count). The molecule has 0 aliphatic heterocycles. The second-order valence-corrected chi connectivity index (χ2v) is 6.94. The molecule has 0 saturated heterocycles. The number of nitrogens with two attached hydrogens (primary N) is 1. The van der Waals surface area contributed by atoms with Crippen molar-refractivity contribution in [2.24, 2.45) is 5.14 Å². The van der Waals surface area contributed by atoms with E-state index in [2.05, 4.69) is 42.1 Å². The quantitative estimate of drug-likeness (QED) is 0.840. The smallest absolute Gasteiger partial charge is 0.273 e. The zero-order valence-corrected chi connectivity index (χ0v) is 13.8. The Kier molecular flexibility index (Phi) is 4.09. The van der Waals surface area contributed by atoms with Crippen molar-refractivity contribution in [2.45, 2.75) is 18.6 Å². The number of aromatic nitrogens is 3. The van der Waals surface area contributed by atoms with Gasteiger partial charge in [-0.2, -0.15) is 0 Å². The third-order valence-corrected chi connectivity index (χ3v) is 4.42. The van der Waals surface area contributed by atoms with Gasteiger partial charge in [0.2, 0.25) is 0 Å². The summed E-state index contributed by atoms with van der Waals surface area (Å²) in [6, 6.07) is 5.50. The Morgan fingerprint density at radius 2 is 2.00 bits per heavy atom. The maximum atomic E-state index is 11.4. The Bertz CT molecular complexity index is 727. The summed E-state index contributed by atoms with van der Waals surface area (Å²) >= 11 is 6.77. The Balaban J connectivity index is 2.67. The highest BCUT2D eigenvalue weighted by Gasteiger charge is 2.22. The van der Waals surface area contributed by atoms with Crippen LogP contribution in [0.25, 0.3) is 11.4 Å². The van der Waals surface area contributed by atoms with Gasteiger partial charge in [-0.25, -0.2) is 13.6 Å². The first-order valence-electron chi connectivity index (χ1n) is 5.26. The minimum absolute atomic E-state index is 0.236. The summed E-state index contributed by atoms with van der Waals surface area (Å²) in [6.45, 7) is 2.20. The molecule has 0 unspecified atom stereocenters. The van der Waals surface area contributed by atoms with E-state index in [-0.39, 0.29) is 5.16 Å². The third kappa shape index (κ3) is 2.88. The summed E-state index contributed by atoms with van der Waals surface area (Å²) in [5, 5.41) is 12.5. The molecule has 9 heteroatoms. The number of benzene rings is 1. The first-order valence-corrected chi connectivity index (χ1v) is 8.39. The monoisotopic (exact) mass is 408 g/mol. The molecule has 0 atom stereocenters. The molecule has 0 saturated carbocycles. The minimum atomic E-state index is -3.89. The minimum Gasteiger partial charge on any atom is -0.297 e. The van der Waals surface area contributed by atoms with E-state index in [0.29, 0.717) is 12.4 Å². The van der Waals surface area contributed by atoms with Gasteiger partial charge in [-0.1, -0.05) is 15.9 Å². The molecule has 0 amide bonds. The highest BCUT2D eigenvalue weighted by molar-refractivity contribution is 9.11. The number of nitrogens with zero attached hydrogens (tertiary/aromatic N) is 3. The van der Waals surface area contributed by atoms with Crippen molar-refractivity contribution in [1.82, 2.24) is 14.8 Å². The zero-order chi connectivity index (χ0) is 14.2. The fourth-order valence-corrected chi connectivity index (χ4v) is 3.56. The van der Waals surface area contributed by atoms with Crippen molar-refractivity contribution in [2.75, 3.05) is 0 Å². The Morgan fingerprint density at radius 1 is 1.32 bits per heavy atom. The number of primary sulfonamides is 1. The van der Waals surface area contributed by atoms with Gasteiger partial charge < -0.3 is 0 Å². The molecule has 102 valence electrons. The lowest BCUT2D eigenvalue weighted by Crippen LogP contribution is -2.18. The van der Waals surface area contributed by atoms with Crippen molar-refractivity contribution in [3.8, 4) is 11.4 Å². The van der Waals surface area contributed by atoms with Crippen LogP contribution in [0.15, 0.2) is 32.3 Å². The van der Waals surface area contributed by atoms with Crippen LogP contribution in [0.5, 0.6) is 0 Å². The summed E-state index contributed by atoms with van der Waals surface area (Å²) in [5.41, 5.74) is 0.743. The van der Waals surface area contributed by atoms with Crippen LogP contribution in [0.2, 0.25) is 0 Å². The third-order valence-electron chi connectivity index (χ3n) is 2.46. The maximum absolute atomic E-state index is 11.4. The van der Waals surface area contributed by atoms with Crippen LogP contribution in [-0.4, -0.2) is 23.2 Å². The van der Waals surface area contributed by atoms with E-state index in [1.807, 2.05) is 18.2 Å². The van der Waals surface area contributed by atoms with Crippen molar-refractivity contribution in [3.63, 3.8) is 0 Å². The van der Waals surface area contributed by atoms with E-state index in [0.717, 1.165) is 14.5 Å². The molecule has 1 heterocycles. The van der Waals surface area contributed by atoms with E-state index in [1.54, 1.807) is 6.92 Å². The van der Waals surface area contributed by atoms with Gasteiger partial charge in [0.1, 0.15) is 0 Å². The summed E-state index contributed by atoms with van der Waals surface area (Å²) in [5.74, 6) is 0.450. The molecule has 6 nitrogen and oxygen atoms in total. The van der Waals surface area contributed by atoms with Crippen LogP contribution in [0, 0.1) is 0 Å². The Labute approximate surface area is 127 Å². The zero-order valence-electron chi connectivity index (χ0n) is 9.84. The molecule has 0 fully saturated rings. The summed E-state index contributed by atoms with van der Waals surface area (Å²) in [7, 11) is -3.89. The van der Waals surface area contributed by atoms with Crippen molar-refractivity contribution in [3.05, 3.63) is 27.1 Å². The second-order valence-electron chi connectivity index (χ2n) is 3.72. The van der Waals surface area contributed by atoms with Crippen molar-refractivity contribution < 1.29 is 8.42 Å². The summed E-state index contributed by atoms with van der Waals surface area (Å²) < 4.78 is 26.0. The molecular formula is C10H10Br2N4O2S. The van der Waals surface area contributed by atoms with Crippen LogP contribution in [0.3, 0.4) is 0 Å². The number of hydrogen-bond donors (Lipinski definition) is 1. The molecule has 0 aliphatic rings. The van der Waals surface area contributed by atoms with Gasteiger partial charge in [-0.05, 0) is 41.1 Å². The lowest BCUT2D eigenvalue weighted by molar-refractivity contribution is 0.571. The van der Waals surface area contributed by atoms with Crippen LogP contribution < -0.4 is 5.14 Å². The number of rotatable bonds is 3. The van der Waals surface area contributed by atoms with Gasteiger partial charge in [-0.15, -0.1) is 10.2 Å². The van der Waals surface area contributed by atoms with Gasteiger partial charge in [0.05, 0.1) is 0 Å². The van der Waals surface area contributed by atoms with Gasteiger partial charge in [0, 0.05) is 21.1 Å². The fourth-order valence-electron chi connectivity index (χ4n) is 1.65. The first kappa shape index (κ1) is 14.6. The molecule has 1 aromatic carbocycles. The molecule has 2 N–H and O–H groups in total. The molecule has 1 aromatic heterocycles. The predicted molar refractivity (Wildman–Crippen MR) is 77.9 cm³/mol. The molecule has 0 radical (unpaired) electrons. The normalized spacial score (nSPS) is 11.8. The van der Waals surface area contributed by atoms with E-state index in [9.17, 15) is 8.42 Å². The average Bonchev–Trinajstić information content (AvgIpc) is 2.72. The standard InChI is InChI=1S/C10H10Br2N4O2S/c1-2-16-9(14-15-10(16)19(13,17)18)7-4-3-6(11)5-8(7)12/h3-5H,2H2,1H3,(H2,13,17,18). The summed E-state index contributed by atoms with van der Waals surface area (Å²) in [4.78, 5) is 0. The summed E-state index contributed by atoms with van der Waals surface area (Å²) in [6.07, 6.45) is 0. The van der Waals surface area contributed by atoms with Crippen LogP contribution in [-0.2, 0) is 16.6 Å². The van der Waals surface area contributed by atoms with E-state index in [1.165, 1.54) is 4.57 Å². The van der Waals surface area contributed by atoms with E-state index in [4.69, 9.17) is 5.14 Å². The van der Waals surface area contributed by atoms with Crippen molar-refractivity contribution >= 4 is 41.9 Å². The van der Waals surface area contributed by atoms with Gasteiger partial charge in [0.15, 0.2) is 5.82 Å². The highest BCUT2D eigenvalue weighted by atomic mass is 79.9. The average molecular weight is 410 g/mol. The molecular weight excluding hydrogens is 400 g/mol. The van der Waals surface area contributed by atoms with Gasteiger partial charge in [0.25, 0.3) is 15.2 Å². The topological polar surface area (TPSA) is 90.9 Å². The Morgan fingerprint density at radius 3 is 2.53 bits per heavy atom. The SMILES string of the molecule is CCn1c(-c2ccc(Br)cc2Br)nnc1S(N)(=O)=O. The van der Waals surface area contributed by atoms with E-state index < -0.39 is 10.0 Å². The van der Waals surface area contributed by atoms with Crippen LogP contribution >= 0.6 is 31.9 Å². The lowest BCUT2D eigenvalue weighted by atomic mass is 10.2. The van der Waals surface area contributed by atoms with E-state index >= 15 is 0 Å². The Hall–Kier alpha value is -0.770. The molecule has 2 aromatic rings. The number of hydrogen-bond acceptors (Lipinski definition) is 4. The van der Waals surface area contributed by atoms with Crippen molar-refractivity contribution in [1.29, 1.82) is 0 Å². The van der Waals surface area contributed by atoms with Gasteiger partial charge in [-0.3, -0.25) is 4.57 Å². The van der Waals surface area contributed by atoms with Crippen LogP contribution in [0.4, 0.5) is 0 Å². The molecule has 0 aliphatic carbocycles. The maximum Gasteiger partial charge on any atom is 0.273 e.